The summed E-state index contributed by atoms with van der Waals surface area (Å²) >= 11 is 0. The van der Waals surface area contributed by atoms with Crippen molar-refractivity contribution in [3.63, 3.8) is 0 Å². The molecule has 0 amide bonds. The molecule has 0 aliphatic rings. The second-order valence-electron chi connectivity index (χ2n) is 5.07. The molecule has 0 aromatic heterocycles. The largest absolute Gasteiger partial charge is 0.313 e. The number of hydrogen-bond donors (Lipinski definition) is 2. The highest BCUT2D eigenvalue weighted by Crippen LogP contribution is 2.17. The molecule has 0 heterocycles. The zero-order valence-corrected chi connectivity index (χ0v) is 14.8. The van der Waals surface area contributed by atoms with Crippen molar-refractivity contribution in [3.8, 4) is 0 Å². The summed E-state index contributed by atoms with van der Waals surface area (Å²) in [6.45, 7) is 4.75. The number of benzene rings is 1. The quantitative estimate of drug-likeness (QED) is 0.700. The van der Waals surface area contributed by atoms with E-state index >= 15 is 0 Å². The van der Waals surface area contributed by atoms with Gasteiger partial charge in [-0.25, -0.2) is 25.9 Å². The maximum Gasteiger partial charge on any atom is 0.242 e. The summed E-state index contributed by atoms with van der Waals surface area (Å²) in [6, 6.07) is 5.30. The van der Waals surface area contributed by atoms with Crippen LogP contribution in [0.25, 0.3) is 0 Å². The summed E-state index contributed by atoms with van der Waals surface area (Å²) in [6.07, 6.45) is 0. The van der Waals surface area contributed by atoms with Gasteiger partial charge in [0.15, 0.2) is 0 Å². The Morgan fingerprint density at radius 1 is 1.14 bits per heavy atom. The fraction of sp³-hybridized carbons (Fsp3) is 0.538. The molecule has 1 rings (SSSR count). The fourth-order valence-electron chi connectivity index (χ4n) is 1.75. The molecule has 0 saturated carbocycles. The normalized spacial score (nSPS) is 14.2. The van der Waals surface area contributed by atoms with E-state index in [1.54, 1.807) is 0 Å². The summed E-state index contributed by atoms with van der Waals surface area (Å²) in [5, 5.41) is 3.09. The number of nitrogens with zero attached hydrogens (tertiary/aromatic N) is 1. The molecule has 0 aliphatic heterocycles. The van der Waals surface area contributed by atoms with Crippen molar-refractivity contribution < 1.29 is 16.8 Å². The highest BCUT2D eigenvalue weighted by molar-refractivity contribution is 7.90. The zero-order valence-electron chi connectivity index (χ0n) is 13.2. The van der Waals surface area contributed by atoms with Gasteiger partial charge in [0.25, 0.3) is 0 Å². The van der Waals surface area contributed by atoms with Crippen molar-refractivity contribution in [2.24, 2.45) is 0 Å². The maximum atomic E-state index is 12.2. The van der Waals surface area contributed by atoms with Crippen LogP contribution in [0.2, 0.25) is 0 Å². The average Bonchev–Trinajstić information content (AvgIpc) is 2.45. The molecule has 1 atom stereocenters. The topological polar surface area (TPSA) is 95.6 Å². The van der Waals surface area contributed by atoms with Crippen LogP contribution in [-0.4, -0.2) is 54.4 Å². The fourth-order valence-corrected chi connectivity index (χ4v) is 3.95. The number of likely N-dealkylation sites (N-methyl/N-ethyl adjacent to an activating group) is 1. The van der Waals surface area contributed by atoms with Gasteiger partial charge in [0.05, 0.1) is 9.79 Å². The van der Waals surface area contributed by atoms with Crippen LogP contribution in [0, 0.1) is 0 Å². The third kappa shape index (κ3) is 4.75. The van der Waals surface area contributed by atoms with E-state index in [1.165, 1.54) is 32.3 Å². The van der Waals surface area contributed by atoms with Gasteiger partial charge in [-0.05, 0) is 31.7 Å². The Hall–Kier alpha value is -1.00. The van der Waals surface area contributed by atoms with Gasteiger partial charge in [0.1, 0.15) is 0 Å². The Balaban J connectivity index is 3.02. The molecule has 126 valence electrons. The number of rotatable bonds is 8. The number of nitrogens with one attached hydrogen (secondary N) is 2. The first kappa shape index (κ1) is 19.0. The van der Waals surface area contributed by atoms with Crippen LogP contribution in [-0.2, 0) is 20.0 Å². The highest BCUT2D eigenvalue weighted by Gasteiger charge is 2.21. The van der Waals surface area contributed by atoms with Crippen LogP contribution in [0.5, 0.6) is 0 Å². The van der Waals surface area contributed by atoms with Gasteiger partial charge in [0, 0.05) is 26.7 Å². The number of sulfonamides is 2. The Bertz CT molecular complexity index is 700. The lowest BCUT2D eigenvalue weighted by molar-refractivity contribution is 0.520. The molecular formula is C13H23N3O4S2. The zero-order chi connectivity index (χ0) is 17.0. The summed E-state index contributed by atoms with van der Waals surface area (Å²) in [5.74, 6) is 0. The van der Waals surface area contributed by atoms with Crippen LogP contribution in [0.15, 0.2) is 34.1 Å². The van der Waals surface area contributed by atoms with Gasteiger partial charge < -0.3 is 5.32 Å². The predicted molar refractivity (Wildman–Crippen MR) is 85.6 cm³/mol. The molecule has 0 saturated heterocycles. The van der Waals surface area contributed by atoms with Gasteiger partial charge in [-0.15, -0.1) is 0 Å². The standard InChI is InChI=1S/C13H23N3O4S2/c1-5-14-11(2)10-15-21(17,18)12-7-6-8-13(9-12)22(19,20)16(3)4/h6-9,11,14-15H,5,10H2,1-4H3/t11-/m1/s1. The lowest BCUT2D eigenvalue weighted by Crippen LogP contribution is -2.38. The summed E-state index contributed by atoms with van der Waals surface area (Å²) in [4.78, 5) is -0.126. The second-order valence-corrected chi connectivity index (χ2v) is 8.99. The molecule has 2 N–H and O–H groups in total. The third-order valence-corrected chi connectivity index (χ3v) is 6.26. The molecular weight excluding hydrogens is 326 g/mol. The first-order valence-electron chi connectivity index (χ1n) is 6.87. The summed E-state index contributed by atoms with van der Waals surface area (Å²) in [7, 11) is -4.63. The SMILES string of the molecule is CCN[C@H](C)CNS(=O)(=O)c1cccc(S(=O)(=O)N(C)C)c1. The minimum atomic E-state index is -3.76. The predicted octanol–water partition coefficient (Wildman–Crippen LogP) is 0.213. The molecule has 1 aromatic rings. The summed E-state index contributed by atoms with van der Waals surface area (Å²) in [5.41, 5.74) is 0. The molecule has 0 radical (unpaired) electrons. The van der Waals surface area contributed by atoms with E-state index in [1.807, 2.05) is 13.8 Å². The van der Waals surface area contributed by atoms with Crippen LogP contribution in [0.3, 0.4) is 0 Å². The third-order valence-electron chi connectivity index (χ3n) is 3.03. The van der Waals surface area contributed by atoms with E-state index < -0.39 is 20.0 Å². The van der Waals surface area contributed by atoms with Crippen molar-refractivity contribution in [1.82, 2.24) is 14.3 Å². The van der Waals surface area contributed by atoms with Crippen LogP contribution < -0.4 is 10.0 Å². The van der Waals surface area contributed by atoms with Crippen LogP contribution in [0.4, 0.5) is 0 Å². The number of hydrogen-bond acceptors (Lipinski definition) is 5. The van der Waals surface area contributed by atoms with Crippen molar-refractivity contribution in [2.75, 3.05) is 27.2 Å². The minimum Gasteiger partial charge on any atom is -0.313 e. The molecule has 1 aromatic carbocycles. The molecule has 0 spiro atoms. The van der Waals surface area contributed by atoms with Gasteiger partial charge in [-0.1, -0.05) is 13.0 Å². The Morgan fingerprint density at radius 3 is 2.27 bits per heavy atom. The average molecular weight is 349 g/mol. The van der Waals surface area contributed by atoms with Crippen molar-refractivity contribution in [1.29, 1.82) is 0 Å². The molecule has 0 fully saturated rings. The van der Waals surface area contributed by atoms with Gasteiger partial charge >= 0.3 is 0 Å². The van der Waals surface area contributed by atoms with E-state index in [0.29, 0.717) is 0 Å². The van der Waals surface area contributed by atoms with Crippen molar-refractivity contribution in [2.45, 2.75) is 29.7 Å². The lowest BCUT2D eigenvalue weighted by atomic mass is 10.3. The van der Waals surface area contributed by atoms with Crippen LogP contribution in [0.1, 0.15) is 13.8 Å². The lowest BCUT2D eigenvalue weighted by Gasteiger charge is -2.15. The van der Waals surface area contributed by atoms with Gasteiger partial charge in [-0.2, -0.15) is 0 Å². The Kier molecular flexibility index (Phi) is 6.50. The first-order chi connectivity index (χ1) is 10.1. The van der Waals surface area contributed by atoms with Crippen molar-refractivity contribution in [3.05, 3.63) is 24.3 Å². The Morgan fingerprint density at radius 2 is 1.73 bits per heavy atom. The minimum absolute atomic E-state index is 0.0199. The Labute approximate surface area is 132 Å². The van der Waals surface area contributed by atoms with E-state index in [2.05, 4.69) is 10.0 Å². The van der Waals surface area contributed by atoms with Gasteiger partial charge in [-0.3, -0.25) is 0 Å². The first-order valence-corrected chi connectivity index (χ1v) is 9.79. The van der Waals surface area contributed by atoms with E-state index in [9.17, 15) is 16.8 Å². The second kappa shape index (κ2) is 7.51. The monoisotopic (exact) mass is 349 g/mol. The van der Waals surface area contributed by atoms with E-state index in [4.69, 9.17) is 0 Å². The van der Waals surface area contributed by atoms with Gasteiger partial charge in [0.2, 0.25) is 20.0 Å². The molecule has 9 heteroatoms. The molecule has 7 nitrogen and oxygen atoms in total. The smallest absolute Gasteiger partial charge is 0.242 e. The maximum absolute atomic E-state index is 12.2. The molecule has 0 aliphatic carbocycles. The summed E-state index contributed by atoms with van der Waals surface area (Å²) < 4.78 is 52.1. The molecule has 22 heavy (non-hydrogen) atoms. The molecule has 0 unspecified atom stereocenters. The van der Waals surface area contributed by atoms with E-state index in [-0.39, 0.29) is 22.4 Å². The molecule has 0 bridgehead atoms. The van der Waals surface area contributed by atoms with Crippen LogP contribution >= 0.6 is 0 Å². The highest BCUT2D eigenvalue weighted by atomic mass is 32.2. The van der Waals surface area contributed by atoms with E-state index in [0.717, 1.165) is 16.9 Å². The van der Waals surface area contributed by atoms with Crippen molar-refractivity contribution >= 4 is 20.0 Å².